The number of hydrogen-bond donors (Lipinski definition) is 3. The third kappa shape index (κ3) is 7.23. The van der Waals surface area contributed by atoms with Crippen LogP contribution < -0.4 is 10.6 Å². The Labute approximate surface area is 264 Å². The summed E-state index contributed by atoms with van der Waals surface area (Å²) >= 11 is 2.79. The lowest BCUT2D eigenvalue weighted by molar-refractivity contribution is -0.167. The van der Waals surface area contributed by atoms with Gasteiger partial charge in [0.2, 0.25) is 11.1 Å². The second-order valence-corrected chi connectivity index (χ2v) is 12.7. The lowest BCUT2D eigenvalue weighted by atomic mass is 10.1. The van der Waals surface area contributed by atoms with Crippen LogP contribution in [0.2, 0.25) is 0 Å². The molecular weight excluding hydrogens is 664 g/mol. The monoisotopic (exact) mass is 685 g/mol. The molecule has 1 aliphatic carbocycles. The zero-order valence-electron chi connectivity index (χ0n) is 22.8. The number of carboxylic acids is 1. The topological polar surface area (TPSA) is 194 Å². The molecule has 1 saturated heterocycles. The number of nitrogens with zero attached hydrogens (tertiary/aromatic N) is 7. The Kier molecular flexibility index (Phi) is 9.64. The van der Waals surface area contributed by atoms with E-state index < -0.39 is 51.5 Å². The SMILES string of the molecule is C#CCn1nnnc1SCC1=C(C(=O)O)N2C(=O)C[C@@H]2SC1NC(=O)C(=NOC1CCCC1)c1csc(NC(=O)C(F)(F)F)n1. The number of carbonyl (C=O) groups excluding carboxylic acids is 3. The maximum absolute atomic E-state index is 13.7. The first kappa shape index (κ1) is 32.2. The van der Waals surface area contributed by atoms with Crippen molar-refractivity contribution in [2.75, 3.05) is 11.1 Å². The van der Waals surface area contributed by atoms with Crippen molar-refractivity contribution in [2.45, 2.75) is 66.8 Å². The van der Waals surface area contributed by atoms with Gasteiger partial charge in [-0.15, -0.1) is 34.6 Å². The first-order valence-corrected chi connectivity index (χ1v) is 15.9. The number of aliphatic carboxylic acids is 1. The molecule has 3 aliphatic rings. The predicted octanol–water partition coefficient (Wildman–Crippen LogP) is 1.81. The number of anilines is 1. The smallest absolute Gasteiger partial charge is 0.471 e. The van der Waals surface area contributed by atoms with Crippen molar-refractivity contribution in [2.24, 2.45) is 5.16 Å². The number of oxime groups is 1. The number of β-lactam (4-membered cyclic amide) rings is 1. The standard InChI is InChI=1S/C24H22F3N9O6S3/c1-2-7-35-23(31-33-34-35)44-9-12-17(20(39)40)36-14(37)8-15(36)45-19(12)29-18(38)16(32-42-11-5-3-4-6-11)13-10-43-22(28-13)30-21(41)24(25,26)27/h1,10-11,15,19H,3-9H2,(H,29,38)(H,39,40)(H,28,30,41)/t15-,19?/m0/s1. The number of tetrazole rings is 1. The number of aromatic nitrogens is 5. The minimum atomic E-state index is -5.16. The van der Waals surface area contributed by atoms with Gasteiger partial charge in [0.25, 0.3) is 5.91 Å². The van der Waals surface area contributed by atoms with Crippen LogP contribution in [0.15, 0.2) is 27.0 Å². The Morgan fingerprint density at radius 1 is 1.29 bits per heavy atom. The number of halogens is 3. The summed E-state index contributed by atoms with van der Waals surface area (Å²) in [5, 5.41) is 29.2. The number of nitrogens with one attached hydrogen (secondary N) is 2. The summed E-state index contributed by atoms with van der Waals surface area (Å²) in [7, 11) is 0. The Morgan fingerprint density at radius 2 is 2.04 bits per heavy atom. The number of fused-ring (bicyclic) bond motifs is 1. The van der Waals surface area contributed by atoms with Gasteiger partial charge in [0, 0.05) is 16.7 Å². The molecule has 1 unspecified atom stereocenters. The normalized spacial score (nSPS) is 20.4. The first-order valence-electron chi connectivity index (χ1n) is 13.1. The summed E-state index contributed by atoms with van der Waals surface area (Å²) in [4.78, 5) is 60.6. The minimum absolute atomic E-state index is 0.0365. The Morgan fingerprint density at radius 3 is 2.71 bits per heavy atom. The lowest BCUT2D eigenvalue weighted by Gasteiger charge is -2.46. The van der Waals surface area contributed by atoms with Gasteiger partial charge in [0.05, 0.1) is 11.8 Å². The predicted molar refractivity (Wildman–Crippen MR) is 153 cm³/mol. The zero-order valence-corrected chi connectivity index (χ0v) is 25.3. The van der Waals surface area contributed by atoms with Crippen LogP contribution in [0.1, 0.15) is 37.8 Å². The fourth-order valence-corrected chi connectivity index (χ4v) is 7.70. The number of thioether (sulfide) groups is 2. The molecule has 0 spiro atoms. The number of hydrogen-bond acceptors (Lipinski definition) is 13. The fourth-order valence-electron chi connectivity index (χ4n) is 4.54. The van der Waals surface area contributed by atoms with E-state index >= 15 is 0 Å². The van der Waals surface area contributed by atoms with E-state index in [9.17, 15) is 37.5 Å². The highest BCUT2D eigenvalue weighted by Crippen LogP contribution is 2.44. The quantitative estimate of drug-likeness (QED) is 0.102. The molecule has 21 heteroatoms. The van der Waals surface area contributed by atoms with E-state index in [-0.39, 0.29) is 46.9 Å². The summed E-state index contributed by atoms with van der Waals surface area (Å²) in [6, 6.07) is 0. The Hall–Kier alpha value is -4.16. The number of rotatable bonds is 11. The Balaban J connectivity index is 1.43. The van der Waals surface area contributed by atoms with Gasteiger partial charge in [0.1, 0.15) is 29.4 Å². The van der Waals surface area contributed by atoms with Gasteiger partial charge < -0.3 is 15.3 Å². The zero-order chi connectivity index (χ0) is 32.3. The molecule has 3 amide bonds. The van der Waals surface area contributed by atoms with Crippen LogP contribution in [-0.2, 0) is 30.6 Å². The van der Waals surface area contributed by atoms with Gasteiger partial charge in [-0.3, -0.25) is 24.6 Å². The molecule has 4 heterocycles. The molecule has 2 atom stereocenters. The summed E-state index contributed by atoms with van der Waals surface area (Å²) in [5.74, 6) is -2.60. The van der Waals surface area contributed by atoms with E-state index in [0.717, 1.165) is 41.3 Å². The molecule has 2 fully saturated rings. The van der Waals surface area contributed by atoms with Gasteiger partial charge >= 0.3 is 18.1 Å². The van der Waals surface area contributed by atoms with Crippen molar-refractivity contribution < 1.29 is 42.3 Å². The second-order valence-electron chi connectivity index (χ2n) is 9.64. The van der Waals surface area contributed by atoms with Crippen LogP contribution in [0.5, 0.6) is 0 Å². The molecule has 3 N–H and O–H groups in total. The molecule has 45 heavy (non-hydrogen) atoms. The highest BCUT2D eigenvalue weighted by atomic mass is 32.2. The average Bonchev–Trinajstić information content (AvgIpc) is 3.75. The number of carbonyl (C=O) groups is 4. The molecule has 5 rings (SSSR count). The number of amides is 3. The van der Waals surface area contributed by atoms with E-state index in [2.05, 4.69) is 36.9 Å². The molecular formula is C24H22F3N9O6S3. The van der Waals surface area contributed by atoms with Crippen molar-refractivity contribution in [1.82, 2.24) is 35.4 Å². The van der Waals surface area contributed by atoms with Crippen LogP contribution in [-0.4, -0.2) is 93.4 Å². The van der Waals surface area contributed by atoms with E-state index in [4.69, 9.17) is 11.3 Å². The van der Waals surface area contributed by atoms with Gasteiger partial charge in [-0.05, 0) is 36.1 Å². The van der Waals surface area contributed by atoms with Crippen LogP contribution in [0.3, 0.4) is 0 Å². The van der Waals surface area contributed by atoms with Gasteiger partial charge in [-0.25, -0.2) is 14.5 Å². The van der Waals surface area contributed by atoms with Crippen molar-refractivity contribution in [3.05, 3.63) is 22.3 Å². The third-order valence-electron chi connectivity index (χ3n) is 6.66. The van der Waals surface area contributed by atoms with Crippen LogP contribution in [0.4, 0.5) is 18.3 Å². The molecule has 238 valence electrons. The highest BCUT2D eigenvalue weighted by molar-refractivity contribution is 8.01. The molecule has 0 aromatic carbocycles. The Bertz CT molecular complexity index is 1610. The van der Waals surface area contributed by atoms with E-state index in [1.165, 1.54) is 10.1 Å². The summed E-state index contributed by atoms with van der Waals surface area (Å²) in [6.45, 7) is 0.0433. The van der Waals surface area contributed by atoms with Crippen molar-refractivity contribution in [3.8, 4) is 12.3 Å². The summed E-state index contributed by atoms with van der Waals surface area (Å²) in [5.41, 5.74) is -0.741. The summed E-state index contributed by atoms with van der Waals surface area (Å²) < 4.78 is 39.6. The van der Waals surface area contributed by atoms with Gasteiger partial charge in [-0.2, -0.15) is 13.2 Å². The van der Waals surface area contributed by atoms with E-state index in [1.54, 1.807) is 5.32 Å². The molecule has 15 nitrogen and oxygen atoms in total. The number of alkyl halides is 3. The average molecular weight is 686 g/mol. The fraction of sp³-hybridized carbons (Fsp3) is 0.458. The van der Waals surface area contributed by atoms with Crippen molar-refractivity contribution in [1.29, 1.82) is 0 Å². The third-order valence-corrected chi connectivity index (χ3v) is 9.79. The largest absolute Gasteiger partial charge is 0.477 e. The molecule has 1 saturated carbocycles. The molecule has 2 aromatic heterocycles. The lowest BCUT2D eigenvalue weighted by Crippen LogP contribution is -2.58. The number of terminal acetylenes is 1. The maximum Gasteiger partial charge on any atom is 0.471 e. The van der Waals surface area contributed by atoms with Crippen molar-refractivity contribution >= 4 is 69.4 Å². The molecule has 2 aromatic rings. The molecule has 0 bridgehead atoms. The van der Waals surface area contributed by atoms with Crippen molar-refractivity contribution in [3.63, 3.8) is 0 Å². The van der Waals surface area contributed by atoms with Gasteiger partial charge in [-0.1, -0.05) is 22.8 Å². The second kappa shape index (κ2) is 13.5. The van der Waals surface area contributed by atoms with Gasteiger partial charge in [0.15, 0.2) is 10.8 Å². The molecule has 2 aliphatic heterocycles. The van der Waals surface area contributed by atoms with Crippen LogP contribution in [0.25, 0.3) is 0 Å². The number of thiazole rings is 1. The first-order chi connectivity index (χ1) is 21.5. The number of carboxylic acid groups (broad SMARTS) is 1. The van der Waals surface area contributed by atoms with E-state index in [0.29, 0.717) is 24.2 Å². The molecule has 0 radical (unpaired) electrons. The maximum atomic E-state index is 13.7. The summed E-state index contributed by atoms with van der Waals surface area (Å²) in [6.07, 6.45) is 3.06. The van der Waals surface area contributed by atoms with Crippen LogP contribution >= 0.6 is 34.9 Å². The van der Waals surface area contributed by atoms with Crippen LogP contribution in [0, 0.1) is 12.3 Å². The van der Waals surface area contributed by atoms with E-state index in [1.807, 2.05) is 0 Å². The minimum Gasteiger partial charge on any atom is -0.477 e. The highest BCUT2D eigenvalue weighted by Gasteiger charge is 2.49.